The molecular formula is C17H18N2O7S. The van der Waals surface area contributed by atoms with Crippen LogP contribution in [0.2, 0.25) is 0 Å². The zero-order valence-electron chi connectivity index (χ0n) is 14.6. The van der Waals surface area contributed by atoms with E-state index < -0.39 is 35.8 Å². The van der Waals surface area contributed by atoms with Crippen LogP contribution in [-0.4, -0.2) is 70.9 Å². The summed E-state index contributed by atoms with van der Waals surface area (Å²) < 4.78 is 10.4. The number of β-lactam (4-membered cyclic amide) rings is 1. The van der Waals surface area contributed by atoms with Gasteiger partial charge in [-0.05, 0) is 17.7 Å². The normalized spacial score (nSPS) is 21.3. The molecule has 2 atom stereocenters. The third-order valence-corrected chi connectivity index (χ3v) is 5.72. The Morgan fingerprint density at radius 3 is 2.44 bits per heavy atom. The van der Waals surface area contributed by atoms with E-state index in [1.807, 2.05) is 0 Å². The molecule has 10 heteroatoms. The fraction of sp³-hybridized carbons (Fsp3) is 0.353. The van der Waals surface area contributed by atoms with Gasteiger partial charge in [-0.2, -0.15) is 0 Å². The van der Waals surface area contributed by atoms with Crippen molar-refractivity contribution in [2.75, 3.05) is 26.6 Å². The molecule has 0 saturated carbocycles. The largest absolute Gasteiger partial charge is 0.496 e. The lowest BCUT2D eigenvalue weighted by Gasteiger charge is -2.49. The average molecular weight is 394 g/mol. The van der Waals surface area contributed by atoms with Gasteiger partial charge in [-0.1, -0.05) is 6.07 Å². The topological polar surface area (TPSA) is 125 Å². The van der Waals surface area contributed by atoms with Gasteiger partial charge >= 0.3 is 5.97 Å². The molecule has 3 rings (SSSR count). The number of aliphatic carboxylic acids is 1. The van der Waals surface area contributed by atoms with Crippen molar-refractivity contribution in [1.29, 1.82) is 0 Å². The van der Waals surface area contributed by atoms with Gasteiger partial charge in [0, 0.05) is 5.75 Å². The minimum absolute atomic E-state index is 0.152. The van der Waals surface area contributed by atoms with Crippen molar-refractivity contribution in [2.45, 2.75) is 11.4 Å². The third-order valence-electron chi connectivity index (χ3n) is 4.38. The predicted molar refractivity (Wildman–Crippen MR) is 95.6 cm³/mol. The summed E-state index contributed by atoms with van der Waals surface area (Å²) in [6, 6.07) is 3.98. The Hall–Kier alpha value is -2.72. The number of nitrogens with one attached hydrogen (secondary N) is 1. The lowest BCUT2D eigenvalue weighted by Crippen LogP contribution is -2.70. The van der Waals surface area contributed by atoms with Crippen molar-refractivity contribution in [3.05, 3.63) is 35.0 Å². The number of fused-ring (bicyclic) bond motifs is 1. The minimum atomic E-state index is -1.28. The highest BCUT2D eigenvalue weighted by Crippen LogP contribution is 2.40. The van der Waals surface area contributed by atoms with Gasteiger partial charge in [-0.3, -0.25) is 14.5 Å². The Labute approximate surface area is 158 Å². The fourth-order valence-corrected chi connectivity index (χ4v) is 4.43. The lowest BCUT2D eigenvalue weighted by molar-refractivity contribution is -0.148. The van der Waals surface area contributed by atoms with Crippen LogP contribution in [0.4, 0.5) is 0 Å². The van der Waals surface area contributed by atoms with Crippen LogP contribution in [0.5, 0.6) is 11.5 Å². The van der Waals surface area contributed by atoms with Crippen LogP contribution in [0.1, 0.15) is 10.4 Å². The molecule has 1 aromatic carbocycles. The van der Waals surface area contributed by atoms with Crippen molar-refractivity contribution >= 4 is 29.5 Å². The second kappa shape index (κ2) is 7.49. The van der Waals surface area contributed by atoms with E-state index in [4.69, 9.17) is 9.47 Å². The molecule has 3 N–H and O–H groups in total. The summed E-state index contributed by atoms with van der Waals surface area (Å²) >= 11 is 1.28. The van der Waals surface area contributed by atoms with Gasteiger partial charge in [0.25, 0.3) is 11.8 Å². The van der Waals surface area contributed by atoms with E-state index in [2.05, 4.69) is 5.32 Å². The molecule has 1 fully saturated rings. The number of carboxylic acids is 1. The summed E-state index contributed by atoms with van der Waals surface area (Å²) in [5, 5.41) is 20.8. The van der Waals surface area contributed by atoms with Gasteiger partial charge in [0.15, 0.2) is 0 Å². The van der Waals surface area contributed by atoms with Crippen molar-refractivity contribution < 1.29 is 34.1 Å². The Morgan fingerprint density at radius 2 is 1.93 bits per heavy atom. The lowest BCUT2D eigenvalue weighted by atomic mass is 10.0. The Morgan fingerprint density at radius 1 is 1.30 bits per heavy atom. The number of benzene rings is 1. The standard InChI is InChI=1S/C17H18N2O7S/c1-25-9-4-3-5-10(26-2)11(9)14(21)18-12-15(22)19-13(17(23)24)8(6-20)7-27-16(12)19/h3-5,12,16,20H,6-7H2,1-2H3,(H,18,21)(H,23,24)/t12?,16-/m1/s1. The molecule has 144 valence electrons. The Kier molecular flexibility index (Phi) is 5.29. The van der Waals surface area contributed by atoms with Gasteiger partial charge in [0.1, 0.15) is 34.2 Å². The van der Waals surface area contributed by atoms with Crippen LogP contribution in [0.15, 0.2) is 29.5 Å². The summed E-state index contributed by atoms with van der Waals surface area (Å²) in [6.07, 6.45) is 0. The number of carbonyl (C=O) groups excluding carboxylic acids is 2. The quantitative estimate of drug-likeness (QED) is 0.578. The van der Waals surface area contributed by atoms with E-state index in [0.717, 1.165) is 4.90 Å². The molecular weight excluding hydrogens is 376 g/mol. The fourth-order valence-electron chi connectivity index (χ4n) is 3.09. The molecule has 1 aromatic rings. The SMILES string of the molecule is COc1cccc(OC)c1C(=O)NC1C(=O)N2C(C(=O)O)=C(CO)CS[C@H]12. The van der Waals surface area contributed by atoms with Gasteiger partial charge in [0.2, 0.25) is 0 Å². The van der Waals surface area contributed by atoms with Gasteiger partial charge in [0.05, 0.1) is 20.8 Å². The maximum absolute atomic E-state index is 12.7. The number of amides is 2. The summed E-state index contributed by atoms with van der Waals surface area (Å²) in [5.41, 5.74) is 0.208. The van der Waals surface area contributed by atoms with E-state index in [-0.39, 0.29) is 22.6 Å². The second-order valence-electron chi connectivity index (χ2n) is 5.81. The number of methoxy groups -OCH3 is 2. The highest BCUT2D eigenvalue weighted by atomic mass is 32.2. The van der Waals surface area contributed by atoms with Crippen LogP contribution in [0, 0.1) is 0 Å². The van der Waals surface area contributed by atoms with Crippen LogP contribution in [0.3, 0.4) is 0 Å². The van der Waals surface area contributed by atoms with Crippen molar-refractivity contribution in [3.8, 4) is 11.5 Å². The molecule has 1 saturated heterocycles. The summed E-state index contributed by atoms with van der Waals surface area (Å²) in [5.74, 6) is -1.54. The number of carboxylic acid groups (broad SMARTS) is 1. The number of thioether (sulfide) groups is 1. The minimum Gasteiger partial charge on any atom is -0.496 e. The number of ether oxygens (including phenoxy) is 2. The van der Waals surface area contributed by atoms with Crippen LogP contribution in [-0.2, 0) is 9.59 Å². The van der Waals surface area contributed by atoms with Crippen molar-refractivity contribution in [3.63, 3.8) is 0 Å². The Balaban J connectivity index is 1.84. The van der Waals surface area contributed by atoms with Crippen LogP contribution in [0.25, 0.3) is 0 Å². The molecule has 2 aliphatic rings. The predicted octanol–water partition coefficient (Wildman–Crippen LogP) is 0.0483. The first-order chi connectivity index (χ1) is 12.9. The van der Waals surface area contributed by atoms with E-state index in [0.29, 0.717) is 11.5 Å². The number of rotatable bonds is 6. The van der Waals surface area contributed by atoms with E-state index in [9.17, 15) is 24.6 Å². The number of aliphatic hydroxyl groups excluding tert-OH is 1. The summed E-state index contributed by atoms with van der Waals surface area (Å²) in [7, 11) is 2.83. The highest BCUT2D eigenvalue weighted by molar-refractivity contribution is 8.00. The first kappa shape index (κ1) is 19.1. The van der Waals surface area contributed by atoms with Gasteiger partial charge in [-0.15, -0.1) is 11.8 Å². The molecule has 0 radical (unpaired) electrons. The number of hydrogen-bond donors (Lipinski definition) is 3. The molecule has 0 spiro atoms. The molecule has 0 bridgehead atoms. The smallest absolute Gasteiger partial charge is 0.352 e. The zero-order chi connectivity index (χ0) is 19.7. The molecule has 9 nitrogen and oxygen atoms in total. The molecule has 27 heavy (non-hydrogen) atoms. The van der Waals surface area contributed by atoms with Crippen molar-refractivity contribution in [2.24, 2.45) is 0 Å². The number of nitrogens with zero attached hydrogens (tertiary/aromatic N) is 1. The maximum Gasteiger partial charge on any atom is 0.352 e. The average Bonchev–Trinajstić information content (AvgIpc) is 2.69. The Bertz CT molecular complexity index is 816. The zero-order valence-corrected chi connectivity index (χ0v) is 15.4. The van der Waals surface area contributed by atoms with E-state index in [1.54, 1.807) is 18.2 Å². The summed E-state index contributed by atoms with van der Waals surface area (Å²) in [6.45, 7) is -0.444. The molecule has 2 aliphatic heterocycles. The number of aliphatic hydroxyl groups is 1. The second-order valence-corrected chi connectivity index (χ2v) is 6.92. The molecule has 2 heterocycles. The van der Waals surface area contributed by atoms with Crippen molar-refractivity contribution in [1.82, 2.24) is 10.2 Å². The molecule has 0 aliphatic carbocycles. The van der Waals surface area contributed by atoms with Crippen LogP contribution < -0.4 is 14.8 Å². The van der Waals surface area contributed by atoms with E-state index in [1.165, 1.54) is 26.0 Å². The molecule has 2 amide bonds. The number of hydrogen-bond acceptors (Lipinski definition) is 7. The monoisotopic (exact) mass is 394 g/mol. The number of carbonyl (C=O) groups is 3. The molecule has 1 unspecified atom stereocenters. The first-order valence-electron chi connectivity index (χ1n) is 7.97. The highest BCUT2D eigenvalue weighted by Gasteiger charge is 2.54. The van der Waals surface area contributed by atoms with Gasteiger partial charge < -0.3 is 25.0 Å². The van der Waals surface area contributed by atoms with Crippen LogP contribution >= 0.6 is 11.8 Å². The van der Waals surface area contributed by atoms with Gasteiger partial charge in [-0.25, -0.2) is 4.79 Å². The third kappa shape index (κ3) is 3.10. The molecule has 0 aromatic heterocycles. The first-order valence-corrected chi connectivity index (χ1v) is 9.02. The van der Waals surface area contributed by atoms with E-state index >= 15 is 0 Å². The maximum atomic E-state index is 12.7. The summed E-state index contributed by atoms with van der Waals surface area (Å²) in [4.78, 5) is 37.8.